The van der Waals surface area contributed by atoms with E-state index in [0.717, 1.165) is 32.0 Å². The summed E-state index contributed by atoms with van der Waals surface area (Å²) >= 11 is 0. The first kappa shape index (κ1) is 12.8. The van der Waals surface area contributed by atoms with Crippen LogP contribution < -0.4 is 5.43 Å². The third-order valence-corrected chi connectivity index (χ3v) is 2.68. The molecule has 0 aliphatic carbocycles. The van der Waals surface area contributed by atoms with Crippen molar-refractivity contribution >= 4 is 11.6 Å². The van der Waals surface area contributed by atoms with Crippen molar-refractivity contribution < 1.29 is 9.53 Å². The molecule has 2 rings (SSSR count). The van der Waals surface area contributed by atoms with E-state index in [4.69, 9.17) is 4.74 Å². The second-order valence-electron chi connectivity index (χ2n) is 4.34. The molecule has 0 bridgehead atoms. The number of carbonyl (C=O) groups excluding carboxylic acids is 1. The number of pyridine rings is 1. The van der Waals surface area contributed by atoms with Gasteiger partial charge < -0.3 is 15.1 Å². The van der Waals surface area contributed by atoms with Crippen LogP contribution in [0.3, 0.4) is 0 Å². The Balaban J connectivity index is 2.04. The fraction of sp³-hybridized carbons (Fsp3) is 0.500. The van der Waals surface area contributed by atoms with Gasteiger partial charge in [-0.2, -0.15) is 0 Å². The Hall–Kier alpha value is -1.66. The Labute approximate surface area is 107 Å². The average Bonchev–Trinajstić information content (AvgIpc) is 2.39. The van der Waals surface area contributed by atoms with Gasteiger partial charge >= 0.3 is 0 Å². The smallest absolute Gasteiger partial charge is 0.272 e. The second kappa shape index (κ2) is 5.79. The molecule has 1 amide bonds. The number of carbonyl (C=O) groups is 1. The van der Waals surface area contributed by atoms with E-state index in [9.17, 15) is 4.79 Å². The van der Waals surface area contributed by atoms with E-state index in [-0.39, 0.29) is 5.91 Å². The molecule has 0 radical (unpaired) electrons. The van der Waals surface area contributed by atoms with E-state index in [2.05, 4.69) is 15.4 Å². The van der Waals surface area contributed by atoms with Gasteiger partial charge in [-0.3, -0.25) is 9.78 Å². The Bertz CT molecular complexity index is 416. The van der Waals surface area contributed by atoms with Gasteiger partial charge in [-0.1, -0.05) is 0 Å². The highest BCUT2D eigenvalue weighted by molar-refractivity contribution is 5.92. The monoisotopic (exact) mass is 250 g/mol. The summed E-state index contributed by atoms with van der Waals surface area (Å²) in [6.07, 6.45) is 1.64. The van der Waals surface area contributed by atoms with Crippen molar-refractivity contribution in [3.63, 3.8) is 0 Å². The van der Waals surface area contributed by atoms with Crippen LogP contribution in [0.2, 0.25) is 0 Å². The maximum Gasteiger partial charge on any atom is 0.272 e. The Morgan fingerprint density at radius 2 is 2.17 bits per heavy atom. The maximum atomic E-state index is 11.8. The number of hydrogen-bond donors (Lipinski definition) is 1. The molecule has 2 heterocycles. The number of nitrogens with zero attached hydrogens (tertiary/aromatic N) is 3. The summed E-state index contributed by atoms with van der Waals surface area (Å²) < 4.78 is 5.28. The summed E-state index contributed by atoms with van der Waals surface area (Å²) in [6.45, 7) is 3.11. The lowest BCUT2D eigenvalue weighted by molar-refractivity contribution is 0.0497. The van der Waals surface area contributed by atoms with Crippen LogP contribution in [0.1, 0.15) is 10.5 Å². The van der Waals surface area contributed by atoms with Gasteiger partial charge in [-0.15, -0.1) is 0 Å². The molecule has 6 nitrogen and oxygen atoms in total. The highest BCUT2D eigenvalue weighted by Crippen LogP contribution is 2.11. The van der Waals surface area contributed by atoms with E-state index in [0.29, 0.717) is 5.69 Å². The van der Waals surface area contributed by atoms with Crippen molar-refractivity contribution in [2.24, 2.45) is 0 Å². The minimum Gasteiger partial charge on any atom is -0.379 e. The van der Waals surface area contributed by atoms with Crippen molar-refractivity contribution in [1.29, 1.82) is 0 Å². The average molecular weight is 250 g/mol. The molecule has 1 aromatic rings. The zero-order valence-electron chi connectivity index (χ0n) is 10.7. The molecule has 1 aliphatic heterocycles. The van der Waals surface area contributed by atoms with Crippen molar-refractivity contribution in [2.45, 2.75) is 0 Å². The van der Waals surface area contributed by atoms with Crippen molar-refractivity contribution in [2.75, 3.05) is 45.8 Å². The molecule has 18 heavy (non-hydrogen) atoms. The topological polar surface area (TPSA) is 57.7 Å². The van der Waals surface area contributed by atoms with Crippen LogP contribution in [0.5, 0.6) is 0 Å². The number of amides is 1. The molecule has 0 spiro atoms. The molecule has 0 unspecified atom stereocenters. The van der Waals surface area contributed by atoms with E-state index in [1.54, 1.807) is 26.4 Å². The summed E-state index contributed by atoms with van der Waals surface area (Å²) in [5.41, 5.74) is 4.57. The minimum absolute atomic E-state index is 0.0966. The predicted molar refractivity (Wildman–Crippen MR) is 68.3 cm³/mol. The number of aromatic nitrogens is 1. The first-order chi connectivity index (χ1) is 8.66. The molecule has 1 saturated heterocycles. The highest BCUT2D eigenvalue weighted by atomic mass is 16.5. The zero-order valence-corrected chi connectivity index (χ0v) is 10.7. The van der Waals surface area contributed by atoms with Crippen LogP contribution in [-0.4, -0.2) is 61.2 Å². The molecule has 98 valence electrons. The van der Waals surface area contributed by atoms with Crippen molar-refractivity contribution in [3.8, 4) is 0 Å². The second-order valence-corrected chi connectivity index (χ2v) is 4.34. The van der Waals surface area contributed by atoms with E-state index < -0.39 is 0 Å². The van der Waals surface area contributed by atoms with Crippen molar-refractivity contribution in [3.05, 3.63) is 24.0 Å². The van der Waals surface area contributed by atoms with Crippen LogP contribution >= 0.6 is 0 Å². The van der Waals surface area contributed by atoms with Crippen molar-refractivity contribution in [1.82, 2.24) is 14.9 Å². The molecule has 0 atom stereocenters. The summed E-state index contributed by atoms with van der Waals surface area (Å²) in [6, 6.07) is 3.61. The van der Waals surface area contributed by atoms with Gasteiger partial charge in [0.05, 0.1) is 18.9 Å². The lowest BCUT2D eigenvalue weighted by Gasteiger charge is -2.28. The molecule has 1 N–H and O–H groups in total. The summed E-state index contributed by atoms with van der Waals surface area (Å²) in [7, 11) is 3.43. The van der Waals surface area contributed by atoms with E-state index in [1.165, 1.54) is 4.90 Å². The van der Waals surface area contributed by atoms with Crippen LogP contribution in [0.15, 0.2) is 18.3 Å². The quantitative estimate of drug-likeness (QED) is 0.843. The first-order valence-corrected chi connectivity index (χ1v) is 5.94. The molecule has 1 fully saturated rings. The van der Waals surface area contributed by atoms with Crippen LogP contribution in [0.25, 0.3) is 0 Å². The summed E-state index contributed by atoms with van der Waals surface area (Å²) in [5.74, 6) is -0.0966. The van der Waals surface area contributed by atoms with Gasteiger partial charge in [0.2, 0.25) is 0 Å². The third-order valence-electron chi connectivity index (χ3n) is 2.68. The van der Waals surface area contributed by atoms with Crippen LogP contribution in [-0.2, 0) is 4.74 Å². The minimum atomic E-state index is -0.0966. The molecule has 6 heteroatoms. The number of anilines is 1. The molecular weight excluding hydrogens is 232 g/mol. The Morgan fingerprint density at radius 1 is 1.44 bits per heavy atom. The van der Waals surface area contributed by atoms with Gasteiger partial charge in [0.15, 0.2) is 0 Å². The summed E-state index contributed by atoms with van der Waals surface area (Å²) in [4.78, 5) is 17.4. The number of hydrogen-bond acceptors (Lipinski definition) is 5. The van der Waals surface area contributed by atoms with Gasteiger partial charge in [0, 0.05) is 33.4 Å². The van der Waals surface area contributed by atoms with Crippen LogP contribution in [0, 0.1) is 0 Å². The fourth-order valence-corrected chi connectivity index (χ4v) is 1.70. The number of hydrazine groups is 1. The lowest BCUT2D eigenvalue weighted by atomic mass is 10.3. The first-order valence-electron chi connectivity index (χ1n) is 5.94. The number of morpholine rings is 1. The summed E-state index contributed by atoms with van der Waals surface area (Å²) in [5, 5.41) is 2.07. The van der Waals surface area contributed by atoms with Crippen LogP contribution in [0.4, 0.5) is 5.69 Å². The SMILES string of the molecule is CN(C)C(=O)c1cc(NN2CCOCC2)ccn1. The highest BCUT2D eigenvalue weighted by Gasteiger charge is 2.13. The Morgan fingerprint density at radius 3 is 2.83 bits per heavy atom. The molecule has 1 aromatic heterocycles. The maximum absolute atomic E-state index is 11.8. The zero-order chi connectivity index (χ0) is 13.0. The van der Waals surface area contributed by atoms with Gasteiger partial charge in [0.1, 0.15) is 5.69 Å². The van der Waals surface area contributed by atoms with Gasteiger partial charge in [0.25, 0.3) is 5.91 Å². The Kier molecular flexibility index (Phi) is 4.11. The standard InChI is InChI=1S/C12H18N4O2/c1-15(2)12(17)11-9-10(3-4-13-11)14-16-5-7-18-8-6-16/h3-4,9H,5-8H2,1-2H3,(H,13,14). The predicted octanol–water partition coefficient (Wildman–Crippen LogP) is 0.442. The lowest BCUT2D eigenvalue weighted by Crippen LogP contribution is -2.40. The molecule has 0 aromatic carbocycles. The van der Waals surface area contributed by atoms with Gasteiger partial charge in [-0.25, -0.2) is 5.01 Å². The third kappa shape index (κ3) is 3.18. The molecular formula is C12H18N4O2. The van der Waals surface area contributed by atoms with E-state index in [1.807, 2.05) is 6.07 Å². The molecule has 1 aliphatic rings. The number of rotatable bonds is 3. The van der Waals surface area contributed by atoms with Gasteiger partial charge in [-0.05, 0) is 12.1 Å². The largest absolute Gasteiger partial charge is 0.379 e. The number of ether oxygens (including phenoxy) is 1. The van der Waals surface area contributed by atoms with E-state index >= 15 is 0 Å². The fourth-order valence-electron chi connectivity index (χ4n) is 1.70. The number of nitrogens with one attached hydrogen (secondary N) is 1. The molecule has 0 saturated carbocycles. The normalized spacial score (nSPS) is 16.3.